The van der Waals surface area contributed by atoms with Crippen LogP contribution in [0.4, 0.5) is 37.1 Å². The van der Waals surface area contributed by atoms with Gasteiger partial charge in [-0.3, -0.25) is 19.5 Å². The Morgan fingerprint density at radius 1 is 0.473 bits per heavy atom. The molecule has 0 saturated carbocycles. The Balaban J connectivity index is 0.000000182. The van der Waals surface area contributed by atoms with E-state index in [4.69, 9.17) is 43.4 Å². The van der Waals surface area contributed by atoms with E-state index in [1.807, 2.05) is 194 Å². The van der Waals surface area contributed by atoms with Crippen LogP contribution in [0.1, 0.15) is 78.1 Å². The van der Waals surface area contributed by atoms with Crippen LogP contribution in [0.2, 0.25) is 0 Å². The normalized spacial score (nSPS) is 16.8. The highest BCUT2D eigenvalue weighted by Crippen LogP contribution is 2.28. The molecule has 3 N–H and O–H groups in total. The van der Waals surface area contributed by atoms with Crippen LogP contribution in [-0.4, -0.2) is 111 Å². The molecule has 4 atom stereocenters. The molecule has 17 heteroatoms. The van der Waals surface area contributed by atoms with Gasteiger partial charge in [0.25, 0.3) is 0 Å². The molecule has 8 aromatic rings. The number of epoxide rings is 1. The van der Waals surface area contributed by atoms with Gasteiger partial charge in [-0.25, -0.2) is 14.4 Å². The number of aliphatic hydroxyl groups excluding tert-OH is 1. The SMILES string of the molecule is C.CC(=O)Nc1ccccc1.CC(C)(C)c1ccc(O)cc1.CC(C)(C)c1ccc(OCC2CN(c3ccccc3)C(=O)O2)cc1.O=C1OC(CO)CN1c1ccccc1.O=C1OC(COCc2ccccc2)CN1c1ccccc1.c1ccc(COCC2CO2)cc1. The van der Waals surface area contributed by atoms with Crippen molar-refractivity contribution in [3.05, 3.63) is 253 Å². The van der Waals surface area contributed by atoms with Crippen LogP contribution in [0.3, 0.4) is 0 Å². The van der Waals surface area contributed by atoms with Crippen molar-refractivity contribution >= 4 is 46.9 Å². The Kier molecular flexibility index (Phi) is 28.9. The van der Waals surface area contributed by atoms with E-state index < -0.39 is 12.2 Å². The van der Waals surface area contributed by atoms with Crippen LogP contribution in [0.5, 0.6) is 11.5 Å². The number of ether oxygens (including phenoxy) is 7. The number of anilines is 4. The van der Waals surface area contributed by atoms with Crippen molar-refractivity contribution < 1.29 is 62.5 Å². The molecule has 0 aromatic heterocycles. The Morgan fingerprint density at radius 2 is 0.806 bits per heavy atom. The minimum Gasteiger partial charge on any atom is -0.508 e. The van der Waals surface area contributed by atoms with Crippen molar-refractivity contribution in [1.29, 1.82) is 0 Å². The van der Waals surface area contributed by atoms with E-state index in [1.54, 1.807) is 21.9 Å². The Morgan fingerprint density at radius 3 is 1.16 bits per heavy atom. The highest BCUT2D eigenvalue weighted by atomic mass is 16.6. The fourth-order valence-corrected chi connectivity index (χ4v) is 9.15. The minimum absolute atomic E-state index is 0. The number of cyclic esters (lactones) is 3. The van der Waals surface area contributed by atoms with Gasteiger partial charge in [0.2, 0.25) is 5.91 Å². The van der Waals surface area contributed by atoms with Crippen molar-refractivity contribution in [2.45, 2.75) is 104 Å². The standard InChI is InChI=1S/C20H23NO3.C17H17NO3.C10H11NO3.C10H12O2.C10H14O.C8H9NO.CH4/c1-20(2,3)15-9-11-17(12-10-15)23-14-18-13-21(19(22)24-18)16-7-5-4-6-8-16;19-17-18(15-9-5-2-6-10-15)11-16(21-17)13-20-12-14-7-3-1-4-8-14;12-7-9-6-11(10(13)14-9)8-4-2-1-3-5-8;1-2-4-9(5-3-1)6-11-7-10-8-12-10;1-10(2,3)8-4-6-9(11)7-5-8;1-7(10)9-8-5-3-2-4-6-8;/h4-12,18H,13-14H2,1-3H3;1-10,16H,11-13H2;1-5,9,12H,6-7H2;1-5,10H,6-8H2;4-7,11H,1-3H3;2-6H,1H3,(H,9,10);1H4. The van der Waals surface area contributed by atoms with E-state index in [0.717, 1.165) is 47.3 Å². The summed E-state index contributed by atoms with van der Waals surface area (Å²) in [6.07, 6.45) is -1.54. The van der Waals surface area contributed by atoms with E-state index in [1.165, 1.54) is 28.5 Å². The minimum atomic E-state index is -0.400. The molecule has 4 fully saturated rings. The van der Waals surface area contributed by atoms with E-state index in [-0.39, 0.29) is 55.2 Å². The zero-order chi connectivity index (χ0) is 65.7. The molecule has 0 radical (unpaired) electrons. The maximum atomic E-state index is 12.0. The van der Waals surface area contributed by atoms with Crippen molar-refractivity contribution in [2.75, 3.05) is 72.7 Å². The molecule has 0 aliphatic carbocycles. The monoisotopic (exact) mass is 1270 g/mol. The summed E-state index contributed by atoms with van der Waals surface area (Å²) in [6, 6.07) is 73.2. The lowest BCUT2D eigenvalue weighted by Gasteiger charge is -2.19. The molecule has 17 nitrogen and oxygen atoms in total. The van der Waals surface area contributed by atoms with Crippen molar-refractivity contribution in [3.8, 4) is 11.5 Å². The number of carbonyl (C=O) groups excluding carboxylic acids is 4. The van der Waals surface area contributed by atoms with Crippen LogP contribution < -0.4 is 24.8 Å². The smallest absolute Gasteiger partial charge is 0.414 e. The van der Waals surface area contributed by atoms with E-state index in [2.05, 4.69) is 71.1 Å². The van der Waals surface area contributed by atoms with E-state index in [9.17, 15) is 19.2 Å². The third kappa shape index (κ3) is 25.6. The van der Waals surface area contributed by atoms with Gasteiger partial charge in [0.15, 0.2) is 6.10 Å². The van der Waals surface area contributed by atoms with Gasteiger partial charge >= 0.3 is 18.3 Å². The fourth-order valence-electron chi connectivity index (χ4n) is 9.15. The van der Waals surface area contributed by atoms with Crippen molar-refractivity contribution in [2.24, 2.45) is 0 Å². The number of para-hydroxylation sites is 4. The van der Waals surface area contributed by atoms with Crippen LogP contribution >= 0.6 is 0 Å². The van der Waals surface area contributed by atoms with Gasteiger partial charge < -0.3 is 48.7 Å². The molecule has 4 unspecified atom stereocenters. The fraction of sp³-hybridized carbons (Fsp3) is 0.316. The molecule has 0 spiro atoms. The first kappa shape index (κ1) is 72.5. The average molecular weight is 1270 g/mol. The Hall–Kier alpha value is -9.52. The predicted molar refractivity (Wildman–Crippen MR) is 366 cm³/mol. The number of nitrogens with one attached hydrogen (secondary N) is 1. The lowest BCUT2D eigenvalue weighted by atomic mass is 9.87. The lowest BCUT2D eigenvalue weighted by molar-refractivity contribution is -0.114. The molecule has 4 aliphatic heterocycles. The molecule has 8 aromatic carbocycles. The third-order valence-corrected chi connectivity index (χ3v) is 14.2. The molecule has 0 bridgehead atoms. The van der Waals surface area contributed by atoms with Gasteiger partial charge in [0, 0.05) is 29.7 Å². The number of aromatic hydroxyl groups is 1. The third-order valence-electron chi connectivity index (χ3n) is 14.2. The highest BCUT2D eigenvalue weighted by Gasteiger charge is 2.34. The number of phenols is 1. The zero-order valence-corrected chi connectivity index (χ0v) is 53.5. The molecule has 12 rings (SSSR count). The molecule has 93 heavy (non-hydrogen) atoms. The number of rotatable bonds is 16. The average Bonchev–Trinajstić information content (AvgIpc) is 1.87. The van der Waals surface area contributed by atoms with Crippen LogP contribution in [0.25, 0.3) is 0 Å². The molecular formula is C76H90N4O13. The number of nitrogens with zero attached hydrogens (tertiary/aromatic N) is 3. The van der Waals surface area contributed by atoms with Gasteiger partial charge in [0.1, 0.15) is 36.4 Å². The van der Waals surface area contributed by atoms with Crippen LogP contribution in [0.15, 0.2) is 231 Å². The first-order valence-electron chi connectivity index (χ1n) is 30.7. The summed E-state index contributed by atoms with van der Waals surface area (Å²) < 4.78 is 37.5. The van der Waals surface area contributed by atoms with Gasteiger partial charge in [0.05, 0.1) is 59.3 Å². The number of hydrogen-bond donors (Lipinski definition) is 3. The van der Waals surface area contributed by atoms with Crippen LogP contribution in [-0.2, 0) is 57.3 Å². The number of phenolic OH excluding ortho intramolecular Hbond substituents is 1. The van der Waals surface area contributed by atoms with Crippen LogP contribution in [0, 0.1) is 0 Å². The summed E-state index contributed by atoms with van der Waals surface area (Å²) in [5.41, 5.74) is 8.48. The quantitative estimate of drug-likeness (QED) is 0.0610. The summed E-state index contributed by atoms with van der Waals surface area (Å²) in [5, 5.41) is 20.5. The second-order valence-corrected chi connectivity index (χ2v) is 23.9. The lowest BCUT2D eigenvalue weighted by Crippen LogP contribution is -2.26. The number of hydrogen-bond acceptors (Lipinski definition) is 13. The number of carbonyl (C=O) groups is 4. The zero-order valence-electron chi connectivity index (χ0n) is 53.5. The second-order valence-electron chi connectivity index (χ2n) is 23.9. The van der Waals surface area contributed by atoms with Gasteiger partial charge in [-0.05, 0) is 106 Å². The number of amides is 4. The second kappa shape index (κ2) is 37.1. The summed E-state index contributed by atoms with van der Waals surface area (Å²) in [4.78, 5) is 50.5. The van der Waals surface area contributed by atoms with Gasteiger partial charge in [-0.15, -0.1) is 0 Å². The molecule has 492 valence electrons. The Bertz CT molecular complexity index is 3430. The van der Waals surface area contributed by atoms with Gasteiger partial charge in [-0.1, -0.05) is 207 Å². The summed E-state index contributed by atoms with van der Waals surface area (Å²) in [5.74, 6) is 1.08. The molecule has 4 heterocycles. The first-order valence-corrected chi connectivity index (χ1v) is 30.7. The maximum Gasteiger partial charge on any atom is 0.414 e. The molecule has 4 aliphatic rings. The topological polar surface area (TPSA) is 198 Å². The van der Waals surface area contributed by atoms with Crippen molar-refractivity contribution in [1.82, 2.24) is 0 Å². The summed E-state index contributed by atoms with van der Waals surface area (Å²) in [6.45, 7) is 19.4. The largest absolute Gasteiger partial charge is 0.508 e. The number of benzene rings is 8. The molecule has 4 saturated heterocycles. The maximum absolute atomic E-state index is 12.0. The summed E-state index contributed by atoms with van der Waals surface area (Å²) in [7, 11) is 0. The molecular weight excluding hydrogens is 1180 g/mol. The van der Waals surface area contributed by atoms with E-state index >= 15 is 0 Å². The highest BCUT2D eigenvalue weighted by molar-refractivity contribution is 5.91. The molecule has 4 amide bonds. The predicted octanol–water partition coefficient (Wildman–Crippen LogP) is 15.2. The Labute approximate surface area is 548 Å². The van der Waals surface area contributed by atoms with Gasteiger partial charge in [-0.2, -0.15) is 0 Å². The van der Waals surface area contributed by atoms with E-state index in [0.29, 0.717) is 57.9 Å². The summed E-state index contributed by atoms with van der Waals surface area (Å²) >= 11 is 0. The first-order chi connectivity index (χ1) is 44.3. The number of aliphatic hydroxyl groups is 1. The van der Waals surface area contributed by atoms with Crippen molar-refractivity contribution in [3.63, 3.8) is 0 Å².